The van der Waals surface area contributed by atoms with Crippen LogP contribution in [-0.4, -0.2) is 0 Å². The van der Waals surface area contributed by atoms with E-state index in [4.69, 9.17) is 4.74 Å². The summed E-state index contributed by atoms with van der Waals surface area (Å²) in [4.78, 5) is 0. The Labute approximate surface area is 108 Å². The summed E-state index contributed by atoms with van der Waals surface area (Å²) in [5, 5.41) is 0. The lowest BCUT2D eigenvalue weighted by atomic mass is 9.97. The lowest BCUT2D eigenvalue weighted by Crippen LogP contribution is -1.99. The molecule has 0 bridgehead atoms. The van der Waals surface area contributed by atoms with Gasteiger partial charge in [0.15, 0.2) is 0 Å². The fraction of sp³-hybridized carbons (Fsp3) is 0.176. The average Bonchev–Trinajstić information content (AvgIpc) is 2.46. The molecule has 0 atom stereocenters. The molecule has 0 N–H and O–H groups in total. The third-order valence-corrected chi connectivity index (χ3v) is 3.14. The van der Waals surface area contributed by atoms with E-state index < -0.39 is 0 Å². The van der Waals surface area contributed by atoms with Crippen molar-refractivity contribution in [2.75, 3.05) is 0 Å². The van der Waals surface area contributed by atoms with Gasteiger partial charge in [0.2, 0.25) is 0 Å². The van der Waals surface area contributed by atoms with Crippen LogP contribution < -0.4 is 4.74 Å². The monoisotopic (exact) mass is 235 g/mol. The van der Waals surface area contributed by atoms with Crippen LogP contribution in [-0.2, 0) is 13.0 Å². The molecule has 89 valence electrons. The number of hydrogen-bond acceptors (Lipinski definition) is 1. The minimum absolute atomic E-state index is 0.624. The summed E-state index contributed by atoms with van der Waals surface area (Å²) in [5.74, 6) is 0.946. The topological polar surface area (TPSA) is 9.23 Å². The first-order valence-corrected chi connectivity index (χ1v) is 6.30. The fourth-order valence-corrected chi connectivity index (χ4v) is 2.16. The summed E-state index contributed by atoms with van der Waals surface area (Å²) in [6.07, 6.45) is 7.55. The second-order valence-corrected chi connectivity index (χ2v) is 4.48. The first-order valence-electron chi connectivity index (χ1n) is 6.30. The van der Waals surface area contributed by atoms with Crippen molar-refractivity contribution in [2.45, 2.75) is 19.4 Å². The van der Waals surface area contributed by atoms with E-state index >= 15 is 0 Å². The Balaban J connectivity index is 1.72. The Morgan fingerprint density at radius 3 is 2.83 bits per heavy atom. The van der Waals surface area contributed by atoms with Crippen molar-refractivity contribution in [3.05, 3.63) is 77.4 Å². The van der Waals surface area contributed by atoms with Gasteiger partial charge in [-0.2, -0.15) is 0 Å². The van der Waals surface area contributed by atoms with Crippen LogP contribution in [0.5, 0.6) is 5.75 Å². The number of rotatable bonds is 3. The van der Waals surface area contributed by atoms with E-state index in [-0.39, 0.29) is 0 Å². The minimum atomic E-state index is 0.624. The molecular formula is C17H15O. The van der Waals surface area contributed by atoms with Gasteiger partial charge in [0, 0.05) is 0 Å². The standard InChI is InChI=1S/C17H15O/c1-2-6-14(7-3-1)13-18-17-11-10-15-8-4-5-9-16(15)12-17/h1-4,6-7,10-12H,5,9,13H2. The molecule has 0 heterocycles. The fourth-order valence-electron chi connectivity index (χ4n) is 2.16. The normalized spacial score (nSPS) is 13.1. The van der Waals surface area contributed by atoms with Crippen molar-refractivity contribution in [3.63, 3.8) is 0 Å². The molecule has 0 unspecified atom stereocenters. The SMILES string of the molecule is [C]1=CCCc2cc(OCc3ccccc3)ccc21. The minimum Gasteiger partial charge on any atom is -0.489 e. The van der Waals surface area contributed by atoms with Crippen molar-refractivity contribution in [1.82, 2.24) is 0 Å². The highest BCUT2D eigenvalue weighted by molar-refractivity contribution is 5.41. The third-order valence-electron chi connectivity index (χ3n) is 3.14. The molecule has 3 rings (SSSR count). The van der Waals surface area contributed by atoms with Crippen LogP contribution in [0.2, 0.25) is 0 Å². The smallest absolute Gasteiger partial charge is 0.120 e. The predicted molar refractivity (Wildman–Crippen MR) is 72.5 cm³/mol. The number of allylic oxidation sites excluding steroid dienone is 1. The van der Waals surface area contributed by atoms with Gasteiger partial charge < -0.3 is 4.74 Å². The molecule has 1 heteroatoms. The number of aryl methyl sites for hydroxylation is 1. The second-order valence-electron chi connectivity index (χ2n) is 4.48. The Hall–Kier alpha value is -2.02. The first kappa shape index (κ1) is 11.1. The van der Waals surface area contributed by atoms with E-state index in [0.717, 1.165) is 18.6 Å². The Bertz CT molecular complexity index is 555. The highest BCUT2D eigenvalue weighted by Crippen LogP contribution is 2.23. The number of benzene rings is 2. The molecule has 0 saturated heterocycles. The van der Waals surface area contributed by atoms with Crippen LogP contribution in [0, 0.1) is 6.08 Å². The van der Waals surface area contributed by atoms with E-state index in [1.165, 1.54) is 16.7 Å². The van der Waals surface area contributed by atoms with Gasteiger partial charge in [0.05, 0.1) is 0 Å². The van der Waals surface area contributed by atoms with Gasteiger partial charge in [0.25, 0.3) is 0 Å². The first-order chi connectivity index (χ1) is 8.92. The maximum Gasteiger partial charge on any atom is 0.120 e. The molecule has 1 aliphatic rings. The van der Waals surface area contributed by atoms with Crippen LogP contribution in [0.4, 0.5) is 0 Å². The van der Waals surface area contributed by atoms with Crippen molar-refractivity contribution < 1.29 is 4.74 Å². The summed E-state index contributed by atoms with van der Waals surface area (Å²) in [6, 6.07) is 16.5. The third kappa shape index (κ3) is 2.45. The van der Waals surface area contributed by atoms with Crippen molar-refractivity contribution in [3.8, 4) is 5.75 Å². The predicted octanol–water partition coefficient (Wildman–Crippen LogP) is 3.92. The summed E-state index contributed by atoms with van der Waals surface area (Å²) in [7, 11) is 0. The lowest BCUT2D eigenvalue weighted by molar-refractivity contribution is 0.306. The molecule has 0 fully saturated rings. The van der Waals surface area contributed by atoms with Crippen LogP contribution in [0.15, 0.2) is 54.6 Å². The Kier molecular flexibility index (Phi) is 3.14. The summed E-state index contributed by atoms with van der Waals surface area (Å²) in [5.41, 5.74) is 3.73. The summed E-state index contributed by atoms with van der Waals surface area (Å²) < 4.78 is 5.82. The Morgan fingerprint density at radius 1 is 1.06 bits per heavy atom. The van der Waals surface area contributed by atoms with Gasteiger partial charge in [-0.05, 0) is 47.7 Å². The van der Waals surface area contributed by atoms with Crippen molar-refractivity contribution in [1.29, 1.82) is 0 Å². The van der Waals surface area contributed by atoms with Gasteiger partial charge >= 0.3 is 0 Å². The van der Waals surface area contributed by atoms with Crippen LogP contribution >= 0.6 is 0 Å². The Morgan fingerprint density at radius 2 is 1.94 bits per heavy atom. The number of hydrogen-bond donors (Lipinski definition) is 0. The van der Waals surface area contributed by atoms with E-state index in [0.29, 0.717) is 6.61 Å². The van der Waals surface area contributed by atoms with Gasteiger partial charge in [0.1, 0.15) is 12.4 Å². The molecule has 0 saturated carbocycles. The summed E-state index contributed by atoms with van der Waals surface area (Å²) in [6.45, 7) is 0.624. The van der Waals surface area contributed by atoms with Crippen molar-refractivity contribution in [2.24, 2.45) is 0 Å². The zero-order valence-electron chi connectivity index (χ0n) is 10.2. The van der Waals surface area contributed by atoms with E-state index in [1.807, 2.05) is 24.3 Å². The lowest BCUT2D eigenvalue weighted by Gasteiger charge is -2.12. The largest absolute Gasteiger partial charge is 0.489 e. The van der Waals surface area contributed by atoms with Crippen LogP contribution in [0.3, 0.4) is 0 Å². The maximum absolute atomic E-state index is 5.82. The molecule has 0 spiro atoms. The molecular weight excluding hydrogens is 220 g/mol. The molecule has 18 heavy (non-hydrogen) atoms. The van der Waals surface area contributed by atoms with Gasteiger partial charge in [-0.1, -0.05) is 42.5 Å². The molecule has 1 radical (unpaired) electrons. The van der Waals surface area contributed by atoms with Gasteiger partial charge in [-0.15, -0.1) is 0 Å². The van der Waals surface area contributed by atoms with Crippen LogP contribution in [0.25, 0.3) is 0 Å². The van der Waals surface area contributed by atoms with E-state index in [1.54, 1.807) is 0 Å². The molecule has 1 nitrogen and oxygen atoms in total. The summed E-state index contributed by atoms with van der Waals surface area (Å²) >= 11 is 0. The quantitative estimate of drug-likeness (QED) is 0.783. The van der Waals surface area contributed by atoms with Gasteiger partial charge in [-0.3, -0.25) is 0 Å². The number of ether oxygens (including phenoxy) is 1. The molecule has 2 aromatic carbocycles. The van der Waals surface area contributed by atoms with Crippen molar-refractivity contribution >= 4 is 0 Å². The highest BCUT2D eigenvalue weighted by Gasteiger charge is 2.06. The van der Waals surface area contributed by atoms with E-state index in [9.17, 15) is 0 Å². The zero-order chi connectivity index (χ0) is 12.2. The van der Waals surface area contributed by atoms with Gasteiger partial charge in [-0.25, -0.2) is 0 Å². The average molecular weight is 235 g/mol. The maximum atomic E-state index is 5.82. The van der Waals surface area contributed by atoms with E-state index in [2.05, 4.69) is 36.4 Å². The molecule has 0 aliphatic heterocycles. The number of fused-ring (bicyclic) bond motifs is 1. The molecule has 2 aromatic rings. The molecule has 0 amide bonds. The second kappa shape index (κ2) is 5.09. The zero-order valence-corrected chi connectivity index (χ0v) is 10.2. The van der Waals surface area contributed by atoms with Crippen LogP contribution in [0.1, 0.15) is 23.1 Å². The molecule has 1 aliphatic carbocycles. The molecule has 0 aromatic heterocycles. The highest BCUT2D eigenvalue weighted by atomic mass is 16.5.